The highest BCUT2D eigenvalue weighted by Gasteiger charge is 2.13. The standard InChI is InChI=1S/C16H11N3O2/c17-10-11-18-14-9-5-4-8-13(14)15(20)19(16(18)21)12-6-2-1-3-7-12/h1-9H,11H2. The van der Waals surface area contributed by atoms with E-state index in [1.165, 1.54) is 4.57 Å². The molecule has 0 amide bonds. The largest absolute Gasteiger partial charge is 0.337 e. The second-order valence-corrected chi connectivity index (χ2v) is 4.52. The molecule has 0 spiro atoms. The minimum absolute atomic E-state index is 0.105. The first-order chi connectivity index (χ1) is 10.2. The molecule has 1 heterocycles. The van der Waals surface area contributed by atoms with Crippen molar-refractivity contribution in [2.24, 2.45) is 0 Å². The number of fused-ring (bicyclic) bond motifs is 1. The quantitative estimate of drug-likeness (QED) is 0.715. The lowest BCUT2D eigenvalue weighted by Crippen LogP contribution is -2.38. The van der Waals surface area contributed by atoms with E-state index in [1.807, 2.05) is 12.1 Å². The molecule has 0 unspecified atom stereocenters. The van der Waals surface area contributed by atoms with Crippen molar-refractivity contribution >= 4 is 10.9 Å². The summed E-state index contributed by atoms with van der Waals surface area (Å²) in [7, 11) is 0. The van der Waals surface area contributed by atoms with Crippen LogP contribution in [0.1, 0.15) is 0 Å². The predicted molar refractivity (Wildman–Crippen MR) is 79.4 cm³/mol. The van der Waals surface area contributed by atoms with Crippen LogP contribution in [0.25, 0.3) is 16.6 Å². The molecule has 5 heteroatoms. The molecule has 0 aliphatic rings. The van der Waals surface area contributed by atoms with Gasteiger partial charge in [-0.15, -0.1) is 0 Å². The van der Waals surface area contributed by atoms with Crippen LogP contribution in [-0.2, 0) is 6.54 Å². The molecule has 0 aliphatic heterocycles. The van der Waals surface area contributed by atoms with E-state index in [4.69, 9.17) is 5.26 Å². The topological polar surface area (TPSA) is 67.8 Å². The molecule has 0 saturated heterocycles. The first-order valence-electron chi connectivity index (χ1n) is 6.41. The van der Waals surface area contributed by atoms with Crippen LogP contribution in [0, 0.1) is 11.3 Å². The van der Waals surface area contributed by atoms with Crippen molar-refractivity contribution in [3.8, 4) is 11.8 Å². The second kappa shape index (κ2) is 5.10. The average Bonchev–Trinajstić information content (AvgIpc) is 2.53. The van der Waals surface area contributed by atoms with Crippen LogP contribution in [0.3, 0.4) is 0 Å². The van der Waals surface area contributed by atoms with E-state index in [9.17, 15) is 9.59 Å². The number of aromatic nitrogens is 2. The highest BCUT2D eigenvalue weighted by Crippen LogP contribution is 2.09. The van der Waals surface area contributed by atoms with Gasteiger partial charge in [0.1, 0.15) is 6.54 Å². The molecule has 21 heavy (non-hydrogen) atoms. The van der Waals surface area contributed by atoms with Gasteiger partial charge in [0.05, 0.1) is 22.7 Å². The van der Waals surface area contributed by atoms with Gasteiger partial charge in [0.2, 0.25) is 0 Å². The third-order valence-corrected chi connectivity index (χ3v) is 3.29. The van der Waals surface area contributed by atoms with Crippen molar-refractivity contribution in [1.82, 2.24) is 9.13 Å². The van der Waals surface area contributed by atoms with Crippen LogP contribution in [0.2, 0.25) is 0 Å². The minimum Gasteiger partial charge on any atom is -0.279 e. The normalized spacial score (nSPS) is 10.4. The predicted octanol–water partition coefficient (Wildman–Crippen LogP) is 1.68. The van der Waals surface area contributed by atoms with E-state index in [0.29, 0.717) is 16.6 Å². The van der Waals surface area contributed by atoms with Crippen LogP contribution in [0.15, 0.2) is 64.2 Å². The van der Waals surface area contributed by atoms with Gasteiger partial charge in [-0.25, -0.2) is 9.36 Å². The van der Waals surface area contributed by atoms with Gasteiger partial charge in [-0.05, 0) is 24.3 Å². The van der Waals surface area contributed by atoms with Gasteiger partial charge in [0.25, 0.3) is 5.56 Å². The van der Waals surface area contributed by atoms with Crippen molar-refractivity contribution in [3.63, 3.8) is 0 Å². The summed E-state index contributed by atoms with van der Waals surface area (Å²) in [5.74, 6) is 0. The Labute approximate surface area is 119 Å². The SMILES string of the molecule is N#CCn1c(=O)n(-c2ccccc2)c(=O)c2ccccc21. The number of rotatable bonds is 2. The Hall–Kier alpha value is -3.13. The number of nitrogens with zero attached hydrogens (tertiary/aromatic N) is 3. The molecule has 2 aromatic carbocycles. The van der Waals surface area contributed by atoms with Gasteiger partial charge in [0.15, 0.2) is 0 Å². The van der Waals surface area contributed by atoms with Crippen LogP contribution in [0.4, 0.5) is 0 Å². The maximum Gasteiger partial charge on any atom is 0.337 e. The van der Waals surface area contributed by atoms with Gasteiger partial charge in [-0.3, -0.25) is 9.36 Å². The van der Waals surface area contributed by atoms with Gasteiger partial charge >= 0.3 is 5.69 Å². The Bertz CT molecular complexity index is 963. The molecule has 0 radical (unpaired) electrons. The Morgan fingerprint density at radius 2 is 1.62 bits per heavy atom. The summed E-state index contributed by atoms with van der Waals surface area (Å²) in [5.41, 5.74) is 0.0774. The van der Waals surface area contributed by atoms with E-state index < -0.39 is 5.69 Å². The molecule has 0 aliphatic carbocycles. The van der Waals surface area contributed by atoms with Gasteiger partial charge < -0.3 is 0 Å². The Morgan fingerprint density at radius 3 is 2.33 bits per heavy atom. The molecule has 0 bridgehead atoms. The Balaban J connectivity index is 2.50. The fraction of sp³-hybridized carbons (Fsp3) is 0.0625. The third-order valence-electron chi connectivity index (χ3n) is 3.29. The Morgan fingerprint density at radius 1 is 0.952 bits per heavy atom. The summed E-state index contributed by atoms with van der Waals surface area (Å²) in [5, 5.41) is 9.35. The summed E-state index contributed by atoms with van der Waals surface area (Å²) in [6, 6.07) is 17.5. The molecular weight excluding hydrogens is 266 g/mol. The third kappa shape index (κ3) is 2.03. The highest BCUT2D eigenvalue weighted by molar-refractivity contribution is 5.78. The summed E-state index contributed by atoms with van der Waals surface area (Å²) < 4.78 is 2.41. The van der Waals surface area contributed by atoms with Crippen molar-refractivity contribution in [2.45, 2.75) is 6.54 Å². The number of benzene rings is 2. The lowest BCUT2D eigenvalue weighted by Gasteiger charge is -2.11. The van der Waals surface area contributed by atoms with Crippen LogP contribution in [-0.4, -0.2) is 9.13 Å². The first-order valence-corrected chi connectivity index (χ1v) is 6.41. The van der Waals surface area contributed by atoms with E-state index >= 15 is 0 Å². The van der Waals surface area contributed by atoms with Crippen LogP contribution < -0.4 is 11.2 Å². The maximum absolute atomic E-state index is 12.6. The zero-order chi connectivity index (χ0) is 14.8. The number of hydrogen-bond donors (Lipinski definition) is 0. The summed E-state index contributed by atoms with van der Waals surface area (Å²) in [6.07, 6.45) is 0. The highest BCUT2D eigenvalue weighted by atomic mass is 16.2. The van der Waals surface area contributed by atoms with E-state index in [2.05, 4.69) is 0 Å². The Kier molecular flexibility index (Phi) is 3.13. The van der Waals surface area contributed by atoms with E-state index in [-0.39, 0.29) is 12.1 Å². The van der Waals surface area contributed by atoms with E-state index in [0.717, 1.165) is 4.57 Å². The van der Waals surface area contributed by atoms with Crippen LogP contribution >= 0.6 is 0 Å². The van der Waals surface area contributed by atoms with E-state index in [1.54, 1.807) is 48.5 Å². The summed E-state index contributed by atoms with van der Waals surface area (Å²) >= 11 is 0. The zero-order valence-corrected chi connectivity index (χ0v) is 11.1. The second-order valence-electron chi connectivity index (χ2n) is 4.52. The first kappa shape index (κ1) is 12.9. The van der Waals surface area contributed by atoms with Crippen LogP contribution in [0.5, 0.6) is 0 Å². The van der Waals surface area contributed by atoms with Crippen molar-refractivity contribution in [2.75, 3.05) is 0 Å². The maximum atomic E-state index is 12.6. The fourth-order valence-electron chi connectivity index (χ4n) is 2.35. The lowest BCUT2D eigenvalue weighted by molar-refractivity contribution is 0.733. The summed E-state index contributed by atoms with van der Waals surface area (Å²) in [6.45, 7) is -0.105. The molecule has 0 saturated carbocycles. The lowest BCUT2D eigenvalue weighted by atomic mass is 10.2. The molecule has 0 atom stereocenters. The number of hydrogen-bond acceptors (Lipinski definition) is 3. The van der Waals surface area contributed by atoms with Crippen molar-refractivity contribution in [3.05, 3.63) is 75.4 Å². The molecule has 3 rings (SSSR count). The summed E-state index contributed by atoms with van der Waals surface area (Å²) in [4.78, 5) is 25.1. The van der Waals surface area contributed by atoms with Crippen molar-refractivity contribution < 1.29 is 0 Å². The molecule has 3 aromatic rings. The smallest absolute Gasteiger partial charge is 0.279 e. The molecule has 102 valence electrons. The van der Waals surface area contributed by atoms with Gasteiger partial charge in [0, 0.05) is 0 Å². The van der Waals surface area contributed by atoms with Crippen molar-refractivity contribution in [1.29, 1.82) is 5.26 Å². The number of nitriles is 1. The zero-order valence-electron chi connectivity index (χ0n) is 11.1. The monoisotopic (exact) mass is 277 g/mol. The molecular formula is C16H11N3O2. The van der Waals surface area contributed by atoms with Gasteiger partial charge in [-0.2, -0.15) is 5.26 Å². The van der Waals surface area contributed by atoms with Gasteiger partial charge in [-0.1, -0.05) is 30.3 Å². The molecule has 5 nitrogen and oxygen atoms in total. The fourth-order valence-corrected chi connectivity index (χ4v) is 2.35. The number of para-hydroxylation sites is 2. The molecule has 0 fully saturated rings. The minimum atomic E-state index is -0.508. The molecule has 0 N–H and O–H groups in total. The average molecular weight is 277 g/mol. The molecule has 1 aromatic heterocycles.